The highest BCUT2D eigenvalue weighted by atomic mass is 16.4. The van der Waals surface area contributed by atoms with Crippen molar-refractivity contribution in [3.8, 4) is 0 Å². The van der Waals surface area contributed by atoms with E-state index < -0.39 is 11.9 Å². The molecule has 0 saturated carbocycles. The number of hydrogen-bond acceptors (Lipinski definition) is 3. The van der Waals surface area contributed by atoms with Gasteiger partial charge in [0, 0.05) is 24.0 Å². The smallest absolute Gasteiger partial charge is 0.224 e. The molecule has 0 fully saturated rings. The first-order chi connectivity index (χ1) is 10.3. The van der Waals surface area contributed by atoms with Crippen LogP contribution in [0.15, 0.2) is 24.3 Å². The Hall–Kier alpha value is -1.84. The molecule has 122 valence electrons. The first-order valence-electron chi connectivity index (χ1n) is 7.87. The Balaban J connectivity index is 2.61. The van der Waals surface area contributed by atoms with Crippen LogP contribution in [0.2, 0.25) is 0 Å². The van der Waals surface area contributed by atoms with Gasteiger partial charge in [-0.05, 0) is 36.8 Å². The molecular formula is C18H26NO3-. The lowest BCUT2D eigenvalue weighted by Crippen LogP contribution is -2.36. The summed E-state index contributed by atoms with van der Waals surface area (Å²) in [6, 6.07) is 7.53. The van der Waals surface area contributed by atoms with Crippen LogP contribution in [0.25, 0.3) is 0 Å². The van der Waals surface area contributed by atoms with E-state index in [1.807, 2.05) is 31.2 Å². The lowest BCUT2D eigenvalue weighted by Gasteiger charge is -2.25. The maximum Gasteiger partial charge on any atom is 0.224 e. The van der Waals surface area contributed by atoms with Crippen molar-refractivity contribution in [2.45, 2.75) is 47.0 Å². The van der Waals surface area contributed by atoms with Gasteiger partial charge in [0.15, 0.2) is 0 Å². The Morgan fingerprint density at radius 2 is 1.77 bits per heavy atom. The number of hydrogen-bond donors (Lipinski definition) is 1. The van der Waals surface area contributed by atoms with Crippen LogP contribution in [-0.4, -0.2) is 11.9 Å². The quantitative estimate of drug-likeness (QED) is 0.803. The number of carboxylic acid groups (broad SMARTS) is 1. The van der Waals surface area contributed by atoms with Crippen molar-refractivity contribution in [2.24, 2.45) is 17.8 Å². The van der Waals surface area contributed by atoms with Gasteiger partial charge in [-0.1, -0.05) is 45.4 Å². The summed E-state index contributed by atoms with van der Waals surface area (Å²) in [6.07, 6.45) is 1.56. The number of anilines is 1. The largest absolute Gasteiger partial charge is 0.550 e. The Labute approximate surface area is 132 Å². The second-order valence-electron chi connectivity index (χ2n) is 6.44. The van der Waals surface area contributed by atoms with Gasteiger partial charge in [-0.15, -0.1) is 0 Å². The Bertz CT molecular complexity index is 511. The molecule has 0 unspecified atom stereocenters. The molecule has 1 aromatic rings. The van der Waals surface area contributed by atoms with E-state index in [-0.39, 0.29) is 18.2 Å². The fourth-order valence-electron chi connectivity index (χ4n) is 2.50. The summed E-state index contributed by atoms with van der Waals surface area (Å²) in [5.74, 6) is -1.60. The van der Waals surface area contributed by atoms with Crippen molar-refractivity contribution < 1.29 is 14.7 Å². The number of carbonyl (C=O) groups excluding carboxylic acids is 2. The highest BCUT2D eigenvalue weighted by molar-refractivity contribution is 5.91. The van der Waals surface area contributed by atoms with Crippen molar-refractivity contribution in [2.75, 3.05) is 5.32 Å². The summed E-state index contributed by atoms with van der Waals surface area (Å²) in [4.78, 5) is 23.4. The molecule has 2 atom stereocenters. The highest BCUT2D eigenvalue weighted by Gasteiger charge is 2.21. The fraction of sp³-hybridized carbons (Fsp3) is 0.556. The van der Waals surface area contributed by atoms with Gasteiger partial charge in [0.25, 0.3) is 0 Å². The Morgan fingerprint density at radius 3 is 2.32 bits per heavy atom. The zero-order valence-corrected chi connectivity index (χ0v) is 13.9. The van der Waals surface area contributed by atoms with Gasteiger partial charge in [0.2, 0.25) is 5.91 Å². The number of rotatable bonds is 8. The normalized spacial score (nSPS) is 13.7. The topological polar surface area (TPSA) is 69.2 Å². The number of aliphatic carboxylic acids is 1. The molecule has 0 aliphatic heterocycles. The number of nitrogens with one attached hydrogen (secondary N) is 1. The number of carboxylic acids is 1. The van der Waals surface area contributed by atoms with E-state index in [1.54, 1.807) is 6.92 Å². The minimum absolute atomic E-state index is 0.155. The van der Waals surface area contributed by atoms with Crippen LogP contribution in [0.1, 0.15) is 45.6 Å². The van der Waals surface area contributed by atoms with E-state index in [9.17, 15) is 14.7 Å². The summed E-state index contributed by atoms with van der Waals surface area (Å²) in [5, 5.41) is 14.2. The third kappa shape index (κ3) is 5.88. The van der Waals surface area contributed by atoms with Crippen molar-refractivity contribution in [3.63, 3.8) is 0 Å². The molecule has 1 amide bonds. The average molecular weight is 304 g/mol. The Kier molecular flexibility index (Phi) is 7.09. The van der Waals surface area contributed by atoms with Crippen molar-refractivity contribution in [1.82, 2.24) is 0 Å². The highest BCUT2D eigenvalue weighted by Crippen LogP contribution is 2.23. The minimum atomic E-state index is -1.06. The van der Waals surface area contributed by atoms with Crippen LogP contribution in [0.4, 0.5) is 5.69 Å². The molecule has 0 aromatic heterocycles. The lowest BCUT2D eigenvalue weighted by molar-refractivity contribution is -0.313. The van der Waals surface area contributed by atoms with Gasteiger partial charge in [-0.25, -0.2) is 0 Å². The van der Waals surface area contributed by atoms with E-state index >= 15 is 0 Å². The number of amides is 1. The van der Waals surface area contributed by atoms with Crippen LogP contribution < -0.4 is 10.4 Å². The van der Waals surface area contributed by atoms with Gasteiger partial charge < -0.3 is 15.2 Å². The molecule has 22 heavy (non-hydrogen) atoms. The van der Waals surface area contributed by atoms with Gasteiger partial charge in [-0.3, -0.25) is 4.79 Å². The third-order valence-corrected chi connectivity index (χ3v) is 3.97. The summed E-state index contributed by atoms with van der Waals surface area (Å²) < 4.78 is 0. The van der Waals surface area contributed by atoms with E-state index in [2.05, 4.69) is 19.2 Å². The molecule has 0 aliphatic rings. The van der Waals surface area contributed by atoms with Gasteiger partial charge in [-0.2, -0.15) is 0 Å². The first kappa shape index (κ1) is 18.2. The molecule has 1 rings (SSSR count). The van der Waals surface area contributed by atoms with E-state index in [1.165, 1.54) is 0 Å². The van der Waals surface area contributed by atoms with E-state index in [0.717, 1.165) is 17.7 Å². The summed E-state index contributed by atoms with van der Waals surface area (Å²) in [7, 11) is 0. The number of carbonyl (C=O) groups is 2. The van der Waals surface area contributed by atoms with Gasteiger partial charge in [0.1, 0.15) is 0 Å². The van der Waals surface area contributed by atoms with Crippen LogP contribution in [0.5, 0.6) is 0 Å². The Morgan fingerprint density at radius 1 is 1.14 bits per heavy atom. The van der Waals surface area contributed by atoms with Crippen LogP contribution in [0, 0.1) is 24.7 Å². The second kappa shape index (κ2) is 8.57. The molecule has 1 aromatic carbocycles. The van der Waals surface area contributed by atoms with E-state index in [4.69, 9.17) is 0 Å². The molecule has 1 N–H and O–H groups in total. The summed E-state index contributed by atoms with van der Waals surface area (Å²) in [6.45, 7) is 7.84. The molecule has 0 heterocycles. The van der Waals surface area contributed by atoms with Crippen LogP contribution in [-0.2, 0) is 9.59 Å². The number of aryl methyl sites for hydroxylation is 1. The molecule has 0 bridgehead atoms. The molecule has 4 heteroatoms. The van der Waals surface area contributed by atoms with Crippen molar-refractivity contribution in [3.05, 3.63) is 29.8 Å². The van der Waals surface area contributed by atoms with Crippen LogP contribution in [0.3, 0.4) is 0 Å². The van der Waals surface area contributed by atoms with Crippen LogP contribution >= 0.6 is 0 Å². The van der Waals surface area contributed by atoms with E-state index in [0.29, 0.717) is 12.3 Å². The predicted molar refractivity (Wildman–Crippen MR) is 86.2 cm³/mol. The maximum atomic E-state index is 12.1. The first-order valence-corrected chi connectivity index (χ1v) is 7.87. The van der Waals surface area contributed by atoms with Crippen molar-refractivity contribution >= 4 is 17.6 Å². The average Bonchev–Trinajstić information content (AvgIpc) is 2.40. The summed E-state index contributed by atoms with van der Waals surface area (Å²) >= 11 is 0. The second-order valence-corrected chi connectivity index (χ2v) is 6.44. The maximum absolute atomic E-state index is 12.1. The van der Waals surface area contributed by atoms with Crippen molar-refractivity contribution in [1.29, 1.82) is 0 Å². The lowest BCUT2D eigenvalue weighted by atomic mass is 9.85. The van der Waals surface area contributed by atoms with Gasteiger partial charge in [0.05, 0.1) is 0 Å². The monoisotopic (exact) mass is 304 g/mol. The molecule has 0 radical (unpaired) electrons. The molecule has 0 spiro atoms. The van der Waals surface area contributed by atoms with Gasteiger partial charge >= 0.3 is 0 Å². The zero-order chi connectivity index (χ0) is 16.7. The predicted octanol–water partition coefficient (Wildman–Crippen LogP) is 2.76. The molecule has 4 nitrogen and oxygen atoms in total. The third-order valence-electron chi connectivity index (χ3n) is 3.97. The summed E-state index contributed by atoms with van der Waals surface area (Å²) in [5.41, 5.74) is 1.76. The zero-order valence-electron chi connectivity index (χ0n) is 13.9. The molecular weight excluding hydrogens is 278 g/mol. The molecule has 0 saturated heterocycles. The molecule has 0 aliphatic carbocycles. The standard InChI is InChI=1S/C18H27NO3/c1-12(2)9-10-15(18(21)22)14(4)11-17(20)19-16-8-6-5-7-13(16)3/h5-8,12,14-15H,9-11H2,1-4H3,(H,19,20)(H,21,22)/p-1/t14-,15-/m0/s1. The minimum Gasteiger partial charge on any atom is -0.550 e. The SMILES string of the molecule is Cc1ccccc1NC(=O)C[C@H](C)[C@H](CCC(C)C)C(=O)[O-]. The number of para-hydroxylation sites is 1. The fourth-order valence-corrected chi connectivity index (χ4v) is 2.50. The number of benzene rings is 1.